The van der Waals surface area contributed by atoms with Crippen LogP contribution in [0.15, 0.2) is 0 Å². The number of rotatable bonds is 4. The molecule has 1 heterocycles. The third kappa shape index (κ3) is 3.30. The average Bonchev–Trinajstić information content (AvgIpc) is 2.34. The second-order valence-corrected chi connectivity index (χ2v) is 13.2. The lowest BCUT2D eigenvalue weighted by Gasteiger charge is -2.48. The van der Waals surface area contributed by atoms with E-state index in [0.29, 0.717) is 12.2 Å². The van der Waals surface area contributed by atoms with Crippen molar-refractivity contribution in [2.75, 3.05) is 0 Å². The molecule has 0 radical (unpaired) electrons. The van der Waals surface area contributed by atoms with E-state index in [9.17, 15) is 9.59 Å². The number of carbonyl (C=O) groups is 2. The third-order valence-electron chi connectivity index (χ3n) is 5.83. The van der Waals surface area contributed by atoms with Gasteiger partial charge < -0.3 is 9.74 Å². The molecule has 1 aliphatic carbocycles. The number of β-lactam (4-membered cyclic amide) rings is 1. The Morgan fingerprint density at radius 1 is 1.23 bits per heavy atom. The zero-order chi connectivity index (χ0) is 16.7. The van der Waals surface area contributed by atoms with Crippen molar-refractivity contribution in [1.29, 1.82) is 0 Å². The van der Waals surface area contributed by atoms with Gasteiger partial charge in [0.1, 0.15) is 5.78 Å². The van der Waals surface area contributed by atoms with Crippen LogP contribution in [0, 0.1) is 11.8 Å². The summed E-state index contributed by atoms with van der Waals surface area (Å²) in [7, 11) is -1.90. The molecule has 1 unspecified atom stereocenters. The van der Waals surface area contributed by atoms with Gasteiger partial charge in [0.2, 0.25) is 5.91 Å². The highest BCUT2D eigenvalue weighted by molar-refractivity contribution is 6.74. The summed E-state index contributed by atoms with van der Waals surface area (Å²) in [5.74, 6) is 0.207. The standard InChI is InChI=1S/C17H31NO3Si/c1-11(21-22(5,6)17(2,3)4)14-15(18-16(14)20)12-9-7-8-10-13(12)19/h11-12,14-15H,7-10H2,1-6H3,(H,18,20)/t11-,12?,14-,15-/m1/s1. The predicted octanol–water partition coefficient (Wildman–Crippen LogP) is 3.27. The van der Waals surface area contributed by atoms with Gasteiger partial charge in [-0.2, -0.15) is 0 Å². The van der Waals surface area contributed by atoms with E-state index in [1.807, 2.05) is 6.92 Å². The Morgan fingerprint density at radius 3 is 2.36 bits per heavy atom. The molecule has 0 aromatic rings. The molecular formula is C17H31NO3Si. The summed E-state index contributed by atoms with van der Waals surface area (Å²) in [5, 5.41) is 3.10. The molecule has 2 rings (SSSR count). The molecule has 22 heavy (non-hydrogen) atoms. The first kappa shape index (κ1) is 17.7. The number of amides is 1. The van der Waals surface area contributed by atoms with Gasteiger partial charge in [0.15, 0.2) is 8.32 Å². The summed E-state index contributed by atoms with van der Waals surface area (Å²) in [6.45, 7) is 13.0. The van der Waals surface area contributed by atoms with Gasteiger partial charge in [0, 0.05) is 12.3 Å². The number of hydrogen-bond acceptors (Lipinski definition) is 3. The van der Waals surface area contributed by atoms with Crippen molar-refractivity contribution in [3.63, 3.8) is 0 Å². The van der Waals surface area contributed by atoms with Crippen LogP contribution in [0.4, 0.5) is 0 Å². The van der Waals surface area contributed by atoms with Crippen LogP contribution in [-0.2, 0) is 14.0 Å². The lowest BCUT2D eigenvalue weighted by atomic mass is 9.72. The van der Waals surface area contributed by atoms with Crippen molar-refractivity contribution in [3.05, 3.63) is 0 Å². The Labute approximate surface area is 135 Å². The van der Waals surface area contributed by atoms with Crippen LogP contribution in [-0.4, -0.2) is 32.2 Å². The number of nitrogens with one attached hydrogen (secondary N) is 1. The van der Waals surface area contributed by atoms with Gasteiger partial charge >= 0.3 is 0 Å². The lowest BCUT2D eigenvalue weighted by Crippen LogP contribution is -2.67. The van der Waals surface area contributed by atoms with Gasteiger partial charge in [-0.05, 0) is 37.9 Å². The molecule has 1 amide bonds. The van der Waals surface area contributed by atoms with E-state index in [-0.39, 0.29) is 34.9 Å². The normalized spacial score (nSPS) is 31.5. The van der Waals surface area contributed by atoms with Crippen LogP contribution >= 0.6 is 0 Å². The molecule has 1 aliphatic heterocycles. The largest absolute Gasteiger partial charge is 0.413 e. The molecule has 5 heteroatoms. The molecule has 0 aromatic heterocycles. The summed E-state index contributed by atoms with van der Waals surface area (Å²) in [6.07, 6.45) is 3.55. The number of ketones is 1. The van der Waals surface area contributed by atoms with Gasteiger partial charge in [-0.25, -0.2) is 0 Å². The Bertz CT molecular complexity index is 455. The Morgan fingerprint density at radius 2 is 1.86 bits per heavy atom. The fourth-order valence-corrected chi connectivity index (χ4v) is 4.81. The van der Waals surface area contributed by atoms with E-state index in [1.165, 1.54) is 0 Å². The molecule has 0 bridgehead atoms. The van der Waals surface area contributed by atoms with Gasteiger partial charge in [-0.3, -0.25) is 9.59 Å². The SMILES string of the molecule is C[C@@H](O[Si](C)(C)C(C)(C)C)[C@H]1C(=O)N[C@@H]1C1CCCCC1=O. The average molecular weight is 326 g/mol. The maximum atomic E-state index is 12.2. The molecule has 4 nitrogen and oxygen atoms in total. The minimum atomic E-state index is -1.90. The van der Waals surface area contributed by atoms with Crippen LogP contribution in [0.25, 0.3) is 0 Å². The highest BCUT2D eigenvalue weighted by Gasteiger charge is 2.51. The van der Waals surface area contributed by atoms with Crippen LogP contribution in [0.2, 0.25) is 18.1 Å². The van der Waals surface area contributed by atoms with Gasteiger partial charge in [0.25, 0.3) is 0 Å². The molecule has 2 fully saturated rings. The van der Waals surface area contributed by atoms with E-state index in [2.05, 4.69) is 39.2 Å². The van der Waals surface area contributed by atoms with Crippen molar-refractivity contribution >= 4 is 20.0 Å². The van der Waals surface area contributed by atoms with Crippen molar-refractivity contribution in [1.82, 2.24) is 5.32 Å². The second kappa shape index (κ2) is 6.08. The van der Waals surface area contributed by atoms with E-state index >= 15 is 0 Å². The summed E-state index contributed by atoms with van der Waals surface area (Å²) >= 11 is 0. The molecule has 1 saturated heterocycles. The van der Waals surface area contributed by atoms with Crippen LogP contribution in [0.3, 0.4) is 0 Å². The van der Waals surface area contributed by atoms with Crippen LogP contribution < -0.4 is 5.32 Å². The molecule has 4 atom stereocenters. The van der Waals surface area contributed by atoms with Crippen molar-refractivity contribution in [3.8, 4) is 0 Å². The molecule has 1 saturated carbocycles. The fraction of sp³-hybridized carbons (Fsp3) is 0.882. The maximum Gasteiger partial charge on any atom is 0.228 e. The van der Waals surface area contributed by atoms with Crippen molar-refractivity contribution in [2.45, 2.75) is 83.7 Å². The summed E-state index contributed by atoms with van der Waals surface area (Å²) in [4.78, 5) is 24.2. The maximum absolute atomic E-state index is 12.2. The van der Waals surface area contributed by atoms with Crippen LogP contribution in [0.5, 0.6) is 0 Å². The third-order valence-corrected chi connectivity index (χ3v) is 10.4. The Balaban J connectivity index is 2.06. The molecule has 0 aromatic carbocycles. The second-order valence-electron chi connectivity index (χ2n) is 8.46. The Hall–Kier alpha value is -0.683. The fourth-order valence-electron chi connectivity index (χ4n) is 3.38. The quantitative estimate of drug-likeness (QED) is 0.637. The topological polar surface area (TPSA) is 55.4 Å². The number of hydrogen-bond donors (Lipinski definition) is 1. The molecular weight excluding hydrogens is 294 g/mol. The van der Waals surface area contributed by atoms with Crippen LogP contribution in [0.1, 0.15) is 53.4 Å². The first-order valence-corrected chi connectivity index (χ1v) is 11.5. The number of Topliss-reactive ketones (excluding diaryl/α,β-unsaturated/α-hetero) is 1. The summed E-state index contributed by atoms with van der Waals surface area (Å²) in [6, 6.07) is -0.0138. The van der Waals surface area contributed by atoms with Gasteiger partial charge in [-0.15, -0.1) is 0 Å². The first-order chi connectivity index (χ1) is 10.0. The van der Waals surface area contributed by atoms with E-state index in [4.69, 9.17) is 4.43 Å². The molecule has 126 valence electrons. The number of carbonyl (C=O) groups excluding carboxylic acids is 2. The zero-order valence-corrected chi connectivity index (χ0v) is 15.9. The summed E-state index contributed by atoms with van der Waals surface area (Å²) in [5.41, 5.74) is 0. The van der Waals surface area contributed by atoms with Crippen molar-refractivity contribution in [2.24, 2.45) is 11.8 Å². The monoisotopic (exact) mass is 325 g/mol. The smallest absolute Gasteiger partial charge is 0.228 e. The lowest BCUT2D eigenvalue weighted by molar-refractivity contribution is -0.145. The van der Waals surface area contributed by atoms with Gasteiger partial charge in [0.05, 0.1) is 18.1 Å². The van der Waals surface area contributed by atoms with E-state index < -0.39 is 8.32 Å². The highest BCUT2D eigenvalue weighted by atomic mass is 28.4. The first-order valence-electron chi connectivity index (χ1n) is 8.55. The Kier molecular flexibility index (Phi) is 4.88. The minimum absolute atomic E-state index is 0.00177. The van der Waals surface area contributed by atoms with E-state index in [1.54, 1.807) is 0 Å². The zero-order valence-electron chi connectivity index (χ0n) is 14.9. The van der Waals surface area contributed by atoms with Crippen molar-refractivity contribution < 1.29 is 14.0 Å². The van der Waals surface area contributed by atoms with Gasteiger partial charge in [-0.1, -0.05) is 27.2 Å². The highest BCUT2D eigenvalue weighted by Crippen LogP contribution is 2.40. The molecule has 2 aliphatic rings. The van der Waals surface area contributed by atoms with E-state index in [0.717, 1.165) is 19.3 Å². The molecule has 1 N–H and O–H groups in total. The predicted molar refractivity (Wildman–Crippen MR) is 90.1 cm³/mol. The molecule has 0 spiro atoms. The minimum Gasteiger partial charge on any atom is -0.413 e. The summed E-state index contributed by atoms with van der Waals surface area (Å²) < 4.78 is 6.40.